The Morgan fingerprint density at radius 1 is 1.71 bits per heavy atom. The summed E-state index contributed by atoms with van der Waals surface area (Å²) in [6.45, 7) is 2.00. The number of aliphatic hydroxyl groups is 1. The van der Waals surface area contributed by atoms with Crippen LogP contribution in [0, 0.1) is 6.92 Å². The van der Waals surface area contributed by atoms with Gasteiger partial charge < -0.3 is 10.8 Å². The average molecular weight is 251 g/mol. The number of nitrogens with zero attached hydrogens (tertiary/aromatic N) is 2. The summed E-state index contributed by atoms with van der Waals surface area (Å²) < 4.78 is 1.87. The molecule has 1 saturated carbocycles. The molecule has 5 nitrogen and oxygen atoms in total. The summed E-state index contributed by atoms with van der Waals surface area (Å²) in [6, 6.07) is 1.79. The molecule has 2 aromatic heterocycles. The summed E-state index contributed by atoms with van der Waals surface area (Å²) in [6.07, 6.45) is 1.87. The summed E-state index contributed by atoms with van der Waals surface area (Å²) in [4.78, 5) is 12.7. The smallest absolute Gasteiger partial charge is 0.258 e. The average Bonchev–Trinajstić information content (AvgIpc) is 2.84. The zero-order valence-electron chi connectivity index (χ0n) is 9.43. The molecule has 2 heterocycles. The van der Waals surface area contributed by atoms with E-state index >= 15 is 0 Å². The number of hydrogen-bond donors (Lipinski definition) is 2. The van der Waals surface area contributed by atoms with E-state index in [2.05, 4.69) is 5.10 Å². The Kier molecular flexibility index (Phi) is 2.08. The number of primary amides is 1. The lowest BCUT2D eigenvalue weighted by molar-refractivity contribution is 0.100. The van der Waals surface area contributed by atoms with Crippen LogP contribution >= 0.6 is 11.3 Å². The SMILES string of the molecule is Cc1nn(C2(CO)CC2)c2sc(C(N)=O)cc12. The van der Waals surface area contributed by atoms with E-state index in [1.54, 1.807) is 6.07 Å². The van der Waals surface area contributed by atoms with Gasteiger partial charge in [0.2, 0.25) is 0 Å². The molecule has 0 unspecified atom stereocenters. The Morgan fingerprint density at radius 3 is 2.94 bits per heavy atom. The summed E-state index contributed by atoms with van der Waals surface area (Å²) in [5.41, 5.74) is 5.92. The normalized spacial score (nSPS) is 17.5. The second kappa shape index (κ2) is 3.30. The summed E-state index contributed by atoms with van der Waals surface area (Å²) in [7, 11) is 0. The number of carbonyl (C=O) groups is 1. The van der Waals surface area contributed by atoms with E-state index in [0.29, 0.717) is 4.88 Å². The quantitative estimate of drug-likeness (QED) is 0.853. The van der Waals surface area contributed by atoms with Crippen molar-refractivity contribution in [2.75, 3.05) is 6.61 Å². The number of amides is 1. The second-order valence-electron chi connectivity index (χ2n) is 4.57. The predicted molar refractivity (Wildman–Crippen MR) is 65.2 cm³/mol. The number of aryl methyl sites for hydroxylation is 1. The standard InChI is InChI=1S/C11H13N3O2S/c1-6-7-4-8(9(12)16)17-10(7)14(13-6)11(5-15)2-3-11/h4,15H,2-3,5H2,1H3,(H2,12,16). The van der Waals surface area contributed by atoms with Gasteiger partial charge in [-0.2, -0.15) is 5.10 Å². The molecule has 3 rings (SSSR count). The number of thiophene rings is 1. The third kappa shape index (κ3) is 1.41. The Balaban J connectivity index is 2.22. The first-order chi connectivity index (χ1) is 8.07. The molecule has 90 valence electrons. The molecule has 1 aliphatic carbocycles. The van der Waals surface area contributed by atoms with Gasteiger partial charge in [-0.05, 0) is 25.8 Å². The van der Waals surface area contributed by atoms with E-state index in [9.17, 15) is 9.90 Å². The molecule has 2 aromatic rings. The molecule has 0 aliphatic heterocycles. The van der Waals surface area contributed by atoms with Gasteiger partial charge in [-0.1, -0.05) is 0 Å². The predicted octanol–water partition coefficient (Wildman–Crippen LogP) is 0.987. The highest BCUT2D eigenvalue weighted by atomic mass is 32.1. The lowest BCUT2D eigenvalue weighted by Crippen LogP contribution is -2.22. The van der Waals surface area contributed by atoms with Crippen LogP contribution in [0.2, 0.25) is 0 Å². The first kappa shape index (κ1) is 10.7. The highest BCUT2D eigenvalue weighted by molar-refractivity contribution is 7.20. The van der Waals surface area contributed by atoms with E-state index in [4.69, 9.17) is 5.73 Å². The first-order valence-electron chi connectivity index (χ1n) is 5.48. The molecule has 0 aromatic carbocycles. The van der Waals surface area contributed by atoms with Crippen molar-refractivity contribution >= 4 is 27.5 Å². The minimum Gasteiger partial charge on any atom is -0.394 e. The van der Waals surface area contributed by atoms with Crippen molar-refractivity contribution in [1.82, 2.24) is 9.78 Å². The van der Waals surface area contributed by atoms with Crippen LogP contribution in [0.1, 0.15) is 28.2 Å². The maximum atomic E-state index is 11.2. The van der Waals surface area contributed by atoms with Crippen molar-refractivity contribution in [2.24, 2.45) is 5.73 Å². The number of aliphatic hydroxyl groups excluding tert-OH is 1. The summed E-state index contributed by atoms with van der Waals surface area (Å²) in [5.74, 6) is -0.411. The van der Waals surface area contributed by atoms with Gasteiger partial charge in [0.15, 0.2) is 0 Å². The van der Waals surface area contributed by atoms with Crippen LogP contribution in [0.4, 0.5) is 0 Å². The van der Waals surface area contributed by atoms with E-state index in [1.807, 2.05) is 11.6 Å². The van der Waals surface area contributed by atoms with Gasteiger partial charge in [0.05, 0.1) is 22.7 Å². The Bertz CT molecular complexity index is 610. The molecule has 0 atom stereocenters. The Labute approximate surface area is 102 Å². The number of carbonyl (C=O) groups excluding carboxylic acids is 1. The topological polar surface area (TPSA) is 81.1 Å². The van der Waals surface area contributed by atoms with E-state index in [-0.39, 0.29) is 12.1 Å². The Morgan fingerprint density at radius 2 is 2.41 bits per heavy atom. The van der Waals surface area contributed by atoms with Crippen molar-refractivity contribution in [1.29, 1.82) is 0 Å². The molecule has 3 N–H and O–H groups in total. The fourth-order valence-corrected chi connectivity index (χ4v) is 3.19. The molecule has 1 aliphatic rings. The van der Waals surface area contributed by atoms with E-state index in [0.717, 1.165) is 28.8 Å². The van der Waals surface area contributed by atoms with Crippen molar-refractivity contribution < 1.29 is 9.90 Å². The van der Waals surface area contributed by atoms with Crippen LogP contribution in [0.15, 0.2) is 6.07 Å². The lowest BCUT2D eigenvalue weighted by atomic mass is 10.3. The minimum atomic E-state index is -0.411. The highest BCUT2D eigenvalue weighted by Gasteiger charge is 2.46. The van der Waals surface area contributed by atoms with Crippen molar-refractivity contribution in [3.8, 4) is 0 Å². The zero-order valence-corrected chi connectivity index (χ0v) is 10.3. The summed E-state index contributed by atoms with van der Waals surface area (Å²) >= 11 is 1.35. The van der Waals surface area contributed by atoms with Crippen LogP contribution in [0.5, 0.6) is 0 Å². The molecule has 0 bridgehead atoms. The fraction of sp³-hybridized carbons (Fsp3) is 0.455. The van der Waals surface area contributed by atoms with Crippen molar-refractivity contribution in [2.45, 2.75) is 25.3 Å². The lowest BCUT2D eigenvalue weighted by Gasteiger charge is -2.12. The maximum Gasteiger partial charge on any atom is 0.258 e. The van der Waals surface area contributed by atoms with E-state index < -0.39 is 5.91 Å². The number of hydrogen-bond acceptors (Lipinski definition) is 4. The Hall–Kier alpha value is -1.40. The molecule has 1 fully saturated rings. The molecule has 17 heavy (non-hydrogen) atoms. The molecular weight excluding hydrogens is 238 g/mol. The monoisotopic (exact) mass is 251 g/mol. The van der Waals surface area contributed by atoms with Gasteiger partial charge in [0.25, 0.3) is 5.91 Å². The molecule has 0 spiro atoms. The number of rotatable bonds is 3. The largest absolute Gasteiger partial charge is 0.394 e. The van der Waals surface area contributed by atoms with Gasteiger partial charge in [-0.3, -0.25) is 4.79 Å². The minimum absolute atomic E-state index is 0.0903. The maximum absolute atomic E-state index is 11.2. The van der Waals surface area contributed by atoms with Crippen LogP contribution in [-0.4, -0.2) is 27.4 Å². The number of nitrogens with two attached hydrogens (primary N) is 1. The van der Waals surface area contributed by atoms with Gasteiger partial charge in [0, 0.05) is 5.39 Å². The van der Waals surface area contributed by atoms with Crippen LogP contribution in [0.3, 0.4) is 0 Å². The van der Waals surface area contributed by atoms with E-state index in [1.165, 1.54) is 11.3 Å². The van der Waals surface area contributed by atoms with Gasteiger partial charge in [-0.15, -0.1) is 11.3 Å². The number of aromatic nitrogens is 2. The van der Waals surface area contributed by atoms with Crippen LogP contribution in [-0.2, 0) is 5.54 Å². The summed E-state index contributed by atoms with van der Waals surface area (Å²) in [5, 5.41) is 14.9. The molecule has 0 saturated heterocycles. The first-order valence-corrected chi connectivity index (χ1v) is 6.29. The second-order valence-corrected chi connectivity index (χ2v) is 5.60. The molecular formula is C11H13N3O2S. The molecule has 1 amide bonds. The zero-order chi connectivity index (χ0) is 12.2. The third-order valence-electron chi connectivity index (χ3n) is 3.36. The van der Waals surface area contributed by atoms with Crippen molar-refractivity contribution in [3.05, 3.63) is 16.6 Å². The van der Waals surface area contributed by atoms with Crippen LogP contribution < -0.4 is 5.73 Å². The van der Waals surface area contributed by atoms with Gasteiger partial charge >= 0.3 is 0 Å². The molecule has 0 radical (unpaired) electrons. The highest BCUT2D eigenvalue weighted by Crippen LogP contribution is 2.45. The van der Waals surface area contributed by atoms with Gasteiger partial charge in [0.1, 0.15) is 4.83 Å². The third-order valence-corrected chi connectivity index (χ3v) is 4.48. The van der Waals surface area contributed by atoms with Crippen molar-refractivity contribution in [3.63, 3.8) is 0 Å². The number of fused-ring (bicyclic) bond motifs is 1. The molecule has 6 heteroatoms. The van der Waals surface area contributed by atoms with Crippen LogP contribution in [0.25, 0.3) is 10.2 Å². The fourth-order valence-electron chi connectivity index (χ4n) is 2.07. The van der Waals surface area contributed by atoms with Gasteiger partial charge in [-0.25, -0.2) is 4.68 Å².